The van der Waals surface area contributed by atoms with Crippen molar-refractivity contribution in [1.29, 1.82) is 0 Å². The maximum atomic E-state index is 12.8. The monoisotopic (exact) mass is 342 g/mol. The van der Waals surface area contributed by atoms with Crippen molar-refractivity contribution in [3.63, 3.8) is 0 Å². The Bertz CT molecular complexity index is 739. The molecule has 2 aromatic rings. The average molecular weight is 342 g/mol. The van der Waals surface area contributed by atoms with Crippen molar-refractivity contribution in [3.8, 4) is 5.75 Å². The largest absolute Gasteiger partial charge is 0.506 e. The van der Waals surface area contributed by atoms with Gasteiger partial charge in [-0.05, 0) is 37.8 Å². The van der Waals surface area contributed by atoms with E-state index >= 15 is 0 Å². The number of aliphatic hydroxyl groups excluding tert-OH is 1. The lowest BCUT2D eigenvalue weighted by atomic mass is 10.0. The Kier molecular flexibility index (Phi) is 5.56. The first-order valence-electron chi connectivity index (χ1n) is 8.93. The molecule has 0 bridgehead atoms. The highest BCUT2D eigenvalue weighted by Crippen LogP contribution is 2.30. The third-order valence-electron chi connectivity index (χ3n) is 5.17. The summed E-state index contributed by atoms with van der Waals surface area (Å²) in [6, 6.07) is 11.6. The van der Waals surface area contributed by atoms with Crippen LogP contribution in [0.15, 0.2) is 36.4 Å². The maximum Gasteiger partial charge on any atom is 0.257 e. The number of nitrogens with zero attached hydrogens (tertiary/aromatic N) is 2. The van der Waals surface area contributed by atoms with E-state index in [0.29, 0.717) is 30.1 Å². The second-order valence-electron chi connectivity index (χ2n) is 6.76. The fraction of sp³-hybridized carbons (Fsp3) is 0.450. The second-order valence-corrected chi connectivity index (χ2v) is 6.76. The minimum Gasteiger partial charge on any atom is -0.506 e. The van der Waals surface area contributed by atoms with Crippen molar-refractivity contribution in [2.45, 2.75) is 25.3 Å². The summed E-state index contributed by atoms with van der Waals surface area (Å²) in [5.41, 5.74) is 0.380. The molecule has 1 aliphatic heterocycles. The number of benzene rings is 2. The predicted molar refractivity (Wildman–Crippen MR) is 98.9 cm³/mol. The van der Waals surface area contributed by atoms with Crippen molar-refractivity contribution >= 4 is 16.7 Å². The van der Waals surface area contributed by atoms with E-state index in [1.54, 1.807) is 6.07 Å². The predicted octanol–water partition coefficient (Wildman–Crippen LogP) is 2.46. The summed E-state index contributed by atoms with van der Waals surface area (Å²) in [4.78, 5) is 16.9. The Labute approximate surface area is 148 Å². The first-order chi connectivity index (χ1) is 12.1. The number of carbonyl (C=O) groups is 1. The van der Waals surface area contributed by atoms with Crippen LogP contribution in [0.5, 0.6) is 5.75 Å². The SMILES string of the molecule is CN(CCCO)C1CCN(C(=O)c2ccc3ccccc3c2O)CC1. The summed E-state index contributed by atoms with van der Waals surface area (Å²) < 4.78 is 0. The van der Waals surface area contributed by atoms with E-state index in [1.807, 2.05) is 35.2 Å². The summed E-state index contributed by atoms with van der Waals surface area (Å²) in [6.07, 6.45) is 2.62. The van der Waals surface area contributed by atoms with Gasteiger partial charge in [0.15, 0.2) is 0 Å². The minimum atomic E-state index is -0.0975. The van der Waals surface area contributed by atoms with Gasteiger partial charge in [-0.25, -0.2) is 0 Å². The van der Waals surface area contributed by atoms with Gasteiger partial charge in [0.25, 0.3) is 5.91 Å². The fourth-order valence-electron chi connectivity index (χ4n) is 3.61. The number of hydrogen-bond donors (Lipinski definition) is 2. The van der Waals surface area contributed by atoms with Gasteiger partial charge < -0.3 is 20.0 Å². The number of fused-ring (bicyclic) bond motifs is 1. The van der Waals surface area contributed by atoms with Gasteiger partial charge in [-0.15, -0.1) is 0 Å². The van der Waals surface area contributed by atoms with Crippen LogP contribution in [0.3, 0.4) is 0 Å². The van der Waals surface area contributed by atoms with Gasteiger partial charge in [0.2, 0.25) is 0 Å². The van der Waals surface area contributed by atoms with Crippen LogP contribution in [0.2, 0.25) is 0 Å². The van der Waals surface area contributed by atoms with Crippen LogP contribution in [-0.4, -0.2) is 65.3 Å². The molecule has 0 radical (unpaired) electrons. The smallest absolute Gasteiger partial charge is 0.257 e. The van der Waals surface area contributed by atoms with E-state index < -0.39 is 0 Å². The number of phenols is 1. The molecule has 1 saturated heterocycles. The van der Waals surface area contributed by atoms with Gasteiger partial charge in [-0.1, -0.05) is 30.3 Å². The highest BCUT2D eigenvalue weighted by atomic mass is 16.3. The molecule has 0 spiro atoms. The molecule has 0 saturated carbocycles. The number of likely N-dealkylation sites (tertiary alicyclic amines) is 1. The van der Waals surface area contributed by atoms with Crippen molar-refractivity contribution < 1.29 is 15.0 Å². The van der Waals surface area contributed by atoms with E-state index in [-0.39, 0.29) is 18.3 Å². The fourth-order valence-corrected chi connectivity index (χ4v) is 3.61. The van der Waals surface area contributed by atoms with Crippen LogP contribution in [0.1, 0.15) is 29.6 Å². The first kappa shape index (κ1) is 17.7. The van der Waals surface area contributed by atoms with E-state index in [2.05, 4.69) is 11.9 Å². The molecule has 0 unspecified atom stereocenters. The van der Waals surface area contributed by atoms with E-state index in [4.69, 9.17) is 5.11 Å². The van der Waals surface area contributed by atoms with Gasteiger partial charge in [0, 0.05) is 37.7 Å². The summed E-state index contributed by atoms with van der Waals surface area (Å²) in [7, 11) is 2.08. The van der Waals surface area contributed by atoms with Crippen molar-refractivity contribution in [1.82, 2.24) is 9.80 Å². The molecule has 25 heavy (non-hydrogen) atoms. The summed E-state index contributed by atoms with van der Waals surface area (Å²) >= 11 is 0. The van der Waals surface area contributed by atoms with Crippen LogP contribution >= 0.6 is 0 Å². The maximum absolute atomic E-state index is 12.8. The molecule has 3 rings (SSSR count). The standard InChI is InChI=1S/C20H26N2O3/c1-21(11-4-14-23)16-9-12-22(13-10-16)20(25)18-8-7-15-5-2-3-6-17(15)19(18)24/h2-3,5-8,16,23-24H,4,9-14H2,1H3. The minimum absolute atomic E-state index is 0.0743. The zero-order valence-corrected chi connectivity index (χ0v) is 14.7. The zero-order valence-electron chi connectivity index (χ0n) is 14.7. The van der Waals surface area contributed by atoms with Gasteiger partial charge in [-0.3, -0.25) is 4.79 Å². The highest BCUT2D eigenvalue weighted by molar-refractivity contribution is 6.03. The second kappa shape index (κ2) is 7.85. The molecule has 5 nitrogen and oxygen atoms in total. The normalized spacial score (nSPS) is 15.9. The molecule has 2 aromatic carbocycles. The van der Waals surface area contributed by atoms with Crippen LogP contribution in [-0.2, 0) is 0 Å². The summed E-state index contributed by atoms with van der Waals surface area (Å²) in [6.45, 7) is 2.47. The Morgan fingerprint density at radius 1 is 1.20 bits per heavy atom. The number of phenolic OH excluding ortho intramolecular Hbond substituents is 1. The number of aromatic hydroxyl groups is 1. The zero-order chi connectivity index (χ0) is 17.8. The van der Waals surface area contributed by atoms with E-state index in [1.165, 1.54) is 0 Å². The Hall–Kier alpha value is -2.11. The molecular weight excluding hydrogens is 316 g/mol. The molecule has 1 aliphatic rings. The van der Waals surface area contributed by atoms with E-state index in [9.17, 15) is 9.90 Å². The molecule has 1 heterocycles. The van der Waals surface area contributed by atoms with Crippen molar-refractivity contribution in [2.75, 3.05) is 33.3 Å². The lowest BCUT2D eigenvalue weighted by Crippen LogP contribution is -2.45. The Morgan fingerprint density at radius 3 is 2.64 bits per heavy atom. The molecule has 0 aliphatic carbocycles. The lowest BCUT2D eigenvalue weighted by molar-refractivity contribution is 0.0638. The number of aliphatic hydroxyl groups is 1. The van der Waals surface area contributed by atoms with Crippen molar-refractivity contribution in [2.24, 2.45) is 0 Å². The Morgan fingerprint density at radius 2 is 1.92 bits per heavy atom. The van der Waals surface area contributed by atoms with E-state index in [0.717, 1.165) is 31.2 Å². The number of piperidine rings is 1. The van der Waals surface area contributed by atoms with Crippen LogP contribution in [0, 0.1) is 0 Å². The molecule has 134 valence electrons. The molecule has 0 atom stereocenters. The van der Waals surface area contributed by atoms with Gasteiger partial charge >= 0.3 is 0 Å². The van der Waals surface area contributed by atoms with Crippen molar-refractivity contribution in [3.05, 3.63) is 42.0 Å². The molecule has 1 fully saturated rings. The van der Waals surface area contributed by atoms with Gasteiger partial charge in [0.1, 0.15) is 5.75 Å². The molecule has 0 aromatic heterocycles. The molecule has 1 amide bonds. The quantitative estimate of drug-likeness (QED) is 0.876. The lowest BCUT2D eigenvalue weighted by Gasteiger charge is -2.36. The molecule has 5 heteroatoms. The van der Waals surface area contributed by atoms with Crippen LogP contribution in [0.25, 0.3) is 10.8 Å². The first-order valence-corrected chi connectivity index (χ1v) is 8.93. The summed E-state index contributed by atoms with van der Waals surface area (Å²) in [5, 5.41) is 21.1. The van der Waals surface area contributed by atoms with Crippen LogP contribution < -0.4 is 0 Å². The number of hydrogen-bond acceptors (Lipinski definition) is 4. The van der Waals surface area contributed by atoms with Crippen LogP contribution in [0.4, 0.5) is 0 Å². The van der Waals surface area contributed by atoms with Gasteiger partial charge in [0.05, 0.1) is 5.56 Å². The third-order valence-corrected chi connectivity index (χ3v) is 5.17. The average Bonchev–Trinajstić information content (AvgIpc) is 2.66. The third kappa shape index (κ3) is 3.78. The highest BCUT2D eigenvalue weighted by Gasteiger charge is 2.27. The molecule has 2 N–H and O–H groups in total. The summed E-state index contributed by atoms with van der Waals surface area (Å²) in [5.74, 6) is -0.0231. The van der Waals surface area contributed by atoms with Gasteiger partial charge in [-0.2, -0.15) is 0 Å². The topological polar surface area (TPSA) is 64.0 Å². The Balaban J connectivity index is 1.68. The molecular formula is C20H26N2O3. The number of rotatable bonds is 5. The number of carbonyl (C=O) groups excluding carboxylic acids is 1. The number of amides is 1.